The number of hydrogen-bond donors (Lipinski definition) is 3. The molecular formula is H9BaBiO4PRb. The minimum atomic E-state index is -4.64. The van der Waals surface area contributed by atoms with Gasteiger partial charge in [-0.05, 0) is 0 Å². The second-order valence-electron chi connectivity index (χ2n) is 0.513. The van der Waals surface area contributed by atoms with E-state index in [4.69, 9.17) is 19.2 Å². The molecule has 46 valence electrons. The van der Waals surface area contributed by atoms with Crippen molar-refractivity contribution in [3.63, 3.8) is 0 Å². The Kier molecular flexibility index (Phi) is 32.4. The van der Waals surface area contributed by atoms with E-state index in [0.717, 1.165) is 0 Å². The van der Waals surface area contributed by atoms with Gasteiger partial charge in [0.2, 0.25) is 0 Å². The van der Waals surface area contributed by atoms with Gasteiger partial charge in [-0.25, -0.2) is 4.57 Å². The van der Waals surface area contributed by atoms with Crippen LogP contribution < -0.4 is 58.2 Å². The summed E-state index contributed by atoms with van der Waals surface area (Å²) in [6.07, 6.45) is 0. The topological polar surface area (TPSA) is 77.8 Å². The van der Waals surface area contributed by atoms with Crippen molar-refractivity contribution >= 4 is 82.9 Å². The number of hydrogen-bond acceptors (Lipinski definition) is 1. The van der Waals surface area contributed by atoms with Gasteiger partial charge in [0.1, 0.15) is 0 Å². The fraction of sp³-hybridized carbons (Fsp3) is 0. The number of rotatable bonds is 0. The molecule has 0 spiro atoms. The molecule has 4 nitrogen and oxygen atoms in total. The molecule has 0 aliphatic heterocycles. The van der Waals surface area contributed by atoms with Crippen LogP contribution in [0.1, 0.15) is 4.28 Å². The maximum atomic E-state index is 8.88. The third kappa shape index (κ3) is 47.7. The average Bonchev–Trinajstić information content (AvgIpc) is 0.722. The summed E-state index contributed by atoms with van der Waals surface area (Å²) in [7, 11) is -4.64. The SMILES string of the molecule is O=P(O)(O)O.[Ba+2].[BiH3].[H-].[H-].[H-].[Rb+]. The van der Waals surface area contributed by atoms with E-state index in [1.807, 2.05) is 0 Å². The first-order valence-corrected chi connectivity index (χ1v) is 2.35. The van der Waals surface area contributed by atoms with Crippen LogP contribution in [0.25, 0.3) is 0 Å². The van der Waals surface area contributed by atoms with E-state index in [1.54, 1.807) is 0 Å². The first-order valence-electron chi connectivity index (χ1n) is 0.783. The van der Waals surface area contributed by atoms with Crippen molar-refractivity contribution in [2.75, 3.05) is 0 Å². The molecule has 0 rings (SSSR count). The second kappa shape index (κ2) is 11.4. The Balaban J connectivity index is -0.00000000533. The predicted molar refractivity (Wildman–Crippen MR) is 33.3 cm³/mol. The van der Waals surface area contributed by atoms with E-state index in [9.17, 15) is 0 Å². The Morgan fingerprint density at radius 2 is 1.25 bits per heavy atom. The van der Waals surface area contributed by atoms with Crippen molar-refractivity contribution in [3.8, 4) is 0 Å². The van der Waals surface area contributed by atoms with Crippen LogP contribution in [0.15, 0.2) is 0 Å². The Morgan fingerprint density at radius 3 is 1.25 bits per heavy atom. The zero-order valence-electron chi connectivity index (χ0n) is 7.61. The predicted octanol–water partition coefficient (Wildman–Crippen LogP) is -5.15. The van der Waals surface area contributed by atoms with E-state index in [1.165, 1.54) is 0 Å². The van der Waals surface area contributed by atoms with Gasteiger partial charge in [-0.15, -0.1) is 0 Å². The zero-order chi connectivity index (χ0) is 4.50. The summed E-state index contributed by atoms with van der Waals surface area (Å²) >= 11 is 0. The molecule has 0 aliphatic carbocycles. The van der Waals surface area contributed by atoms with Crippen molar-refractivity contribution < 1.29 is 81.7 Å². The smallest absolute Gasteiger partial charge is 1.00 e. The molecule has 0 aliphatic rings. The first kappa shape index (κ1) is 22.8. The largest absolute Gasteiger partial charge is 1.00 e. The summed E-state index contributed by atoms with van der Waals surface area (Å²) in [6, 6.07) is 0. The molecule has 0 atom stereocenters. The molecule has 0 radical (unpaired) electrons. The van der Waals surface area contributed by atoms with Crippen LogP contribution in [-0.2, 0) is 4.57 Å². The molecule has 0 bridgehead atoms. The molecule has 8 heavy (non-hydrogen) atoms. The molecule has 0 fully saturated rings. The van der Waals surface area contributed by atoms with E-state index >= 15 is 0 Å². The summed E-state index contributed by atoms with van der Waals surface area (Å²) in [5.74, 6) is 0. The molecule has 0 saturated heterocycles. The molecule has 8 heteroatoms. The van der Waals surface area contributed by atoms with Gasteiger partial charge in [-0.3, -0.25) is 0 Å². The van der Waals surface area contributed by atoms with Crippen LogP contribution in [-0.4, -0.2) is 89.8 Å². The number of phosphoric acid groups is 1. The minimum Gasteiger partial charge on any atom is -1.00 e. The third-order valence-electron chi connectivity index (χ3n) is 0. The van der Waals surface area contributed by atoms with E-state index in [-0.39, 0.29) is 138 Å². The van der Waals surface area contributed by atoms with Gasteiger partial charge in [-0.1, -0.05) is 0 Å². The fourth-order valence-electron chi connectivity index (χ4n) is 0. The third-order valence-corrected chi connectivity index (χ3v) is 0. The Bertz CT molecular complexity index is 71.5. The molecule has 0 heterocycles. The van der Waals surface area contributed by atoms with E-state index in [2.05, 4.69) is 0 Å². The molecule has 0 aromatic carbocycles. The van der Waals surface area contributed by atoms with E-state index < -0.39 is 7.82 Å². The summed E-state index contributed by atoms with van der Waals surface area (Å²) in [4.78, 5) is 21.6. The first-order chi connectivity index (χ1) is 2.00. The maximum Gasteiger partial charge on any atom is 1.00 e. The molecule has 0 saturated carbocycles. The summed E-state index contributed by atoms with van der Waals surface area (Å²) in [6.45, 7) is 0. The van der Waals surface area contributed by atoms with Crippen molar-refractivity contribution in [2.45, 2.75) is 0 Å². The summed E-state index contributed by atoms with van der Waals surface area (Å²) in [5.41, 5.74) is 0. The van der Waals surface area contributed by atoms with Gasteiger partial charge in [0.15, 0.2) is 0 Å². The normalized spacial score (nSPS) is 7.38. The maximum absolute atomic E-state index is 8.88. The summed E-state index contributed by atoms with van der Waals surface area (Å²) in [5, 5.41) is 0. The van der Waals surface area contributed by atoms with Gasteiger partial charge in [-0.2, -0.15) is 0 Å². The average molecular weight is 536 g/mol. The monoisotopic (exact) mass is 536 g/mol. The molecule has 0 aromatic heterocycles. The Hall–Kier alpha value is 4.37. The quantitative estimate of drug-likeness (QED) is 0.214. The molecule has 3 N–H and O–H groups in total. The van der Waals surface area contributed by atoms with Gasteiger partial charge >= 0.3 is 141 Å². The standard InChI is InChI=1S/Ba.Bi.H3O4P.Rb.6H/c;;1-5(2,3)4;;;;;;;/h;;(H3,1,2,3,4);;;;;;;/q+2;;;+1;;;;3*-1. The van der Waals surface area contributed by atoms with Gasteiger partial charge in [0.25, 0.3) is 0 Å². The summed E-state index contributed by atoms with van der Waals surface area (Å²) < 4.78 is 8.88. The fourth-order valence-corrected chi connectivity index (χ4v) is 0. The van der Waals surface area contributed by atoms with Crippen molar-refractivity contribution in [2.24, 2.45) is 0 Å². The zero-order valence-corrected chi connectivity index (χ0v) is 20.4. The van der Waals surface area contributed by atoms with Crippen molar-refractivity contribution in [1.29, 1.82) is 0 Å². The van der Waals surface area contributed by atoms with Crippen LogP contribution in [0, 0.1) is 0 Å². The van der Waals surface area contributed by atoms with Crippen LogP contribution in [0.3, 0.4) is 0 Å². The Morgan fingerprint density at radius 1 is 1.25 bits per heavy atom. The van der Waals surface area contributed by atoms with Crippen molar-refractivity contribution in [1.82, 2.24) is 0 Å². The minimum absolute atomic E-state index is 0. The molecular weight excluding hydrogens is 527 g/mol. The van der Waals surface area contributed by atoms with Gasteiger partial charge in [0.05, 0.1) is 0 Å². The Labute approximate surface area is 160 Å². The van der Waals surface area contributed by atoms with Gasteiger partial charge in [0, 0.05) is 0 Å². The van der Waals surface area contributed by atoms with Crippen LogP contribution in [0.2, 0.25) is 0 Å². The van der Waals surface area contributed by atoms with Crippen molar-refractivity contribution in [3.05, 3.63) is 0 Å². The van der Waals surface area contributed by atoms with Crippen LogP contribution in [0.4, 0.5) is 0 Å². The van der Waals surface area contributed by atoms with Gasteiger partial charge < -0.3 is 19.0 Å². The second-order valence-corrected chi connectivity index (χ2v) is 1.54. The molecule has 0 amide bonds. The van der Waals surface area contributed by atoms with Crippen LogP contribution in [0.5, 0.6) is 0 Å². The molecule has 0 unspecified atom stereocenters. The van der Waals surface area contributed by atoms with E-state index in [0.29, 0.717) is 0 Å². The van der Waals surface area contributed by atoms with Crippen LogP contribution >= 0.6 is 7.82 Å². The molecule has 0 aromatic rings.